The van der Waals surface area contributed by atoms with Crippen LogP contribution >= 0.6 is 0 Å². The van der Waals surface area contributed by atoms with E-state index in [-0.39, 0.29) is 5.91 Å². The summed E-state index contributed by atoms with van der Waals surface area (Å²) >= 11 is 0. The van der Waals surface area contributed by atoms with Crippen molar-refractivity contribution < 1.29 is 9.21 Å². The minimum Gasteiger partial charge on any atom is -0.459 e. The second-order valence-electron chi connectivity index (χ2n) is 7.42. The molecule has 3 rings (SSSR count). The molecule has 8 heteroatoms. The standard InChI is InChI=1S/C22H28N6O2/c23-17-26-22(27-19-7-4-11-24-16-19)25-12-3-1-2-6-18-9-13-28(14-10-18)21(29)20-8-5-15-30-20/h4-5,7-8,11,15-16,18H,1-3,6,9-10,12-14H2,(H2,25,26,27). The Hall–Kier alpha value is -3.34. The number of carbonyl (C=O) groups is 1. The molecule has 0 atom stereocenters. The molecule has 2 aromatic rings. The number of rotatable bonds is 8. The van der Waals surface area contributed by atoms with E-state index in [0.29, 0.717) is 17.6 Å². The lowest BCUT2D eigenvalue weighted by Crippen LogP contribution is -2.38. The Kier molecular flexibility index (Phi) is 8.27. The highest BCUT2D eigenvalue weighted by Crippen LogP contribution is 2.24. The highest BCUT2D eigenvalue weighted by molar-refractivity contribution is 5.94. The van der Waals surface area contributed by atoms with Gasteiger partial charge in [0.15, 0.2) is 5.76 Å². The zero-order valence-corrected chi connectivity index (χ0v) is 17.1. The van der Waals surface area contributed by atoms with Gasteiger partial charge in [-0.15, -0.1) is 4.99 Å². The summed E-state index contributed by atoms with van der Waals surface area (Å²) in [5.41, 5.74) is 0.788. The van der Waals surface area contributed by atoms with E-state index in [0.717, 1.165) is 51.0 Å². The zero-order valence-electron chi connectivity index (χ0n) is 17.1. The summed E-state index contributed by atoms with van der Waals surface area (Å²) in [6, 6.07) is 7.17. The minimum absolute atomic E-state index is 0.000690. The lowest BCUT2D eigenvalue weighted by Gasteiger charge is -2.31. The number of aliphatic imine (C=N–C) groups is 1. The molecule has 0 unspecified atom stereocenters. The predicted octanol–water partition coefficient (Wildman–Crippen LogP) is 3.63. The molecule has 1 aliphatic heterocycles. The molecule has 30 heavy (non-hydrogen) atoms. The van der Waals surface area contributed by atoms with E-state index < -0.39 is 0 Å². The summed E-state index contributed by atoms with van der Waals surface area (Å²) < 4.78 is 5.21. The number of aromatic nitrogens is 1. The van der Waals surface area contributed by atoms with E-state index >= 15 is 0 Å². The summed E-state index contributed by atoms with van der Waals surface area (Å²) in [7, 11) is 0. The van der Waals surface area contributed by atoms with Crippen molar-refractivity contribution in [3.05, 3.63) is 48.7 Å². The van der Waals surface area contributed by atoms with Gasteiger partial charge in [-0.3, -0.25) is 9.78 Å². The molecular weight excluding hydrogens is 380 g/mol. The predicted molar refractivity (Wildman–Crippen MR) is 115 cm³/mol. The molecule has 158 valence electrons. The summed E-state index contributed by atoms with van der Waals surface area (Å²) in [6.07, 6.45) is 13.3. The van der Waals surface area contributed by atoms with E-state index in [4.69, 9.17) is 9.68 Å². The Morgan fingerprint density at radius 2 is 2.13 bits per heavy atom. The van der Waals surface area contributed by atoms with Gasteiger partial charge in [0.1, 0.15) is 0 Å². The van der Waals surface area contributed by atoms with Crippen molar-refractivity contribution in [3.63, 3.8) is 0 Å². The first kappa shape index (κ1) is 21.4. The van der Waals surface area contributed by atoms with Crippen molar-refractivity contribution in [2.24, 2.45) is 10.9 Å². The third-order valence-electron chi connectivity index (χ3n) is 5.30. The second kappa shape index (κ2) is 11.6. The molecule has 1 aliphatic rings. The molecule has 1 saturated heterocycles. The van der Waals surface area contributed by atoms with Crippen LogP contribution < -0.4 is 10.6 Å². The molecule has 8 nitrogen and oxygen atoms in total. The van der Waals surface area contributed by atoms with Gasteiger partial charge in [0.05, 0.1) is 18.1 Å². The van der Waals surface area contributed by atoms with E-state index in [1.807, 2.05) is 23.2 Å². The average Bonchev–Trinajstić information content (AvgIpc) is 3.32. The van der Waals surface area contributed by atoms with Gasteiger partial charge in [-0.1, -0.05) is 19.3 Å². The molecule has 0 spiro atoms. The Balaban J connectivity index is 1.27. The summed E-state index contributed by atoms with van der Waals surface area (Å²) in [4.78, 5) is 22.0. The normalized spacial score (nSPS) is 14.9. The molecule has 2 N–H and O–H groups in total. The fourth-order valence-corrected chi connectivity index (χ4v) is 3.66. The Morgan fingerprint density at radius 1 is 1.27 bits per heavy atom. The fourth-order valence-electron chi connectivity index (χ4n) is 3.66. The van der Waals surface area contributed by atoms with Gasteiger partial charge in [-0.25, -0.2) is 0 Å². The molecule has 0 aromatic carbocycles. The molecule has 0 aliphatic carbocycles. The number of unbranched alkanes of at least 4 members (excludes halogenated alkanes) is 2. The number of hydrogen-bond acceptors (Lipinski definition) is 5. The lowest BCUT2D eigenvalue weighted by molar-refractivity contribution is 0.0653. The van der Waals surface area contributed by atoms with E-state index in [2.05, 4.69) is 20.6 Å². The van der Waals surface area contributed by atoms with Gasteiger partial charge < -0.3 is 20.0 Å². The number of amides is 1. The smallest absolute Gasteiger partial charge is 0.289 e. The summed E-state index contributed by atoms with van der Waals surface area (Å²) in [6.45, 7) is 2.36. The third kappa shape index (κ3) is 6.62. The second-order valence-corrected chi connectivity index (χ2v) is 7.42. The van der Waals surface area contributed by atoms with Crippen LogP contribution in [-0.2, 0) is 0 Å². The van der Waals surface area contributed by atoms with Crippen molar-refractivity contribution in [1.29, 1.82) is 5.26 Å². The largest absolute Gasteiger partial charge is 0.459 e. The first-order valence-corrected chi connectivity index (χ1v) is 10.5. The molecule has 3 heterocycles. The molecule has 2 aromatic heterocycles. The number of furan rings is 1. The Bertz CT molecular complexity index is 836. The number of guanidine groups is 1. The number of nitrogens with zero attached hydrogens (tertiary/aromatic N) is 4. The topological polar surface area (TPSA) is 107 Å². The maximum Gasteiger partial charge on any atom is 0.289 e. The van der Waals surface area contributed by atoms with Crippen LogP contribution in [0.15, 0.2) is 52.3 Å². The van der Waals surface area contributed by atoms with E-state index in [1.165, 1.54) is 12.8 Å². The molecule has 1 fully saturated rings. The van der Waals surface area contributed by atoms with Crippen LogP contribution in [0.25, 0.3) is 0 Å². The number of nitriles is 1. The molecule has 0 saturated carbocycles. The number of piperidine rings is 1. The third-order valence-corrected chi connectivity index (χ3v) is 5.30. The van der Waals surface area contributed by atoms with Gasteiger partial charge in [-0.05, 0) is 49.4 Å². The quantitative estimate of drug-likeness (QED) is 0.299. The number of pyridine rings is 1. The average molecular weight is 409 g/mol. The van der Waals surface area contributed by atoms with Gasteiger partial charge in [-0.2, -0.15) is 5.26 Å². The van der Waals surface area contributed by atoms with Crippen molar-refractivity contribution in [3.8, 4) is 6.19 Å². The van der Waals surface area contributed by atoms with Gasteiger partial charge in [0.2, 0.25) is 12.2 Å². The van der Waals surface area contributed by atoms with Crippen LogP contribution in [0.3, 0.4) is 0 Å². The van der Waals surface area contributed by atoms with Gasteiger partial charge >= 0.3 is 0 Å². The number of anilines is 1. The van der Waals surface area contributed by atoms with Crippen LogP contribution in [0.2, 0.25) is 0 Å². The molecular formula is C22H28N6O2. The first-order valence-electron chi connectivity index (χ1n) is 10.5. The van der Waals surface area contributed by atoms with Crippen molar-refractivity contribution >= 4 is 17.6 Å². The highest BCUT2D eigenvalue weighted by Gasteiger charge is 2.24. The summed E-state index contributed by atoms with van der Waals surface area (Å²) in [5, 5.41) is 15.1. The molecule has 1 amide bonds. The van der Waals surface area contributed by atoms with Crippen LogP contribution in [0.1, 0.15) is 49.1 Å². The number of carbonyl (C=O) groups excluding carboxylic acids is 1. The Labute approximate surface area is 177 Å². The number of nitrogens with one attached hydrogen (secondary N) is 2. The van der Waals surface area contributed by atoms with Crippen molar-refractivity contribution in [2.75, 3.05) is 25.0 Å². The fraction of sp³-hybridized carbons (Fsp3) is 0.455. The van der Waals surface area contributed by atoms with E-state index in [1.54, 1.807) is 30.8 Å². The Morgan fingerprint density at radius 3 is 2.83 bits per heavy atom. The number of hydrogen-bond donors (Lipinski definition) is 2. The van der Waals surface area contributed by atoms with E-state index in [9.17, 15) is 4.79 Å². The number of likely N-dealkylation sites (tertiary alicyclic amines) is 1. The van der Waals surface area contributed by atoms with Gasteiger partial charge in [0, 0.05) is 25.8 Å². The zero-order chi connectivity index (χ0) is 21.0. The highest BCUT2D eigenvalue weighted by atomic mass is 16.3. The van der Waals surface area contributed by atoms with Crippen LogP contribution in [0.5, 0.6) is 0 Å². The minimum atomic E-state index is -0.000690. The van der Waals surface area contributed by atoms with Crippen LogP contribution in [0, 0.1) is 17.4 Å². The SMILES string of the molecule is N#C/N=C(\NCCCCCC1CCN(C(=O)c2ccco2)CC1)Nc1cccnc1. The first-order chi connectivity index (χ1) is 14.8. The molecule has 0 bridgehead atoms. The molecule has 0 radical (unpaired) electrons. The van der Waals surface area contributed by atoms with Crippen LogP contribution in [-0.4, -0.2) is 41.4 Å². The maximum atomic E-state index is 12.3. The maximum absolute atomic E-state index is 12.3. The summed E-state index contributed by atoms with van der Waals surface area (Å²) in [5.74, 6) is 1.55. The lowest BCUT2D eigenvalue weighted by atomic mass is 9.91. The monoisotopic (exact) mass is 408 g/mol. The van der Waals surface area contributed by atoms with Crippen LogP contribution in [0.4, 0.5) is 5.69 Å². The van der Waals surface area contributed by atoms with Gasteiger partial charge in [0.25, 0.3) is 5.91 Å². The van der Waals surface area contributed by atoms with Crippen molar-refractivity contribution in [1.82, 2.24) is 15.2 Å². The van der Waals surface area contributed by atoms with Crippen molar-refractivity contribution in [2.45, 2.75) is 38.5 Å².